The molecule has 24 heavy (non-hydrogen) atoms. The van der Waals surface area contributed by atoms with Crippen LogP contribution < -0.4 is 10.2 Å². The predicted molar refractivity (Wildman–Crippen MR) is 93.9 cm³/mol. The smallest absolute Gasteiger partial charge is 0.412 e. The van der Waals surface area contributed by atoms with Crippen LogP contribution in [0.15, 0.2) is 18.2 Å². The summed E-state index contributed by atoms with van der Waals surface area (Å²) in [6, 6.07) is 5.03. The van der Waals surface area contributed by atoms with Gasteiger partial charge in [-0.15, -0.1) is 0 Å². The van der Waals surface area contributed by atoms with Crippen molar-refractivity contribution in [1.29, 1.82) is 0 Å². The van der Waals surface area contributed by atoms with E-state index in [0.717, 1.165) is 31.6 Å². The van der Waals surface area contributed by atoms with E-state index in [1.807, 2.05) is 0 Å². The zero-order chi connectivity index (χ0) is 17.9. The molecule has 1 aliphatic rings. The number of hydrogen-bond acceptors (Lipinski definition) is 4. The van der Waals surface area contributed by atoms with Crippen molar-refractivity contribution in [2.45, 2.75) is 46.1 Å². The number of hydrogen-bond donors (Lipinski definition) is 2. The molecule has 0 spiro atoms. The topological polar surface area (TPSA) is 78.9 Å². The Morgan fingerprint density at radius 1 is 1.25 bits per heavy atom. The molecule has 1 aliphatic heterocycles. The Bertz CT molecular complexity index is 614. The first-order chi connectivity index (χ1) is 11.2. The van der Waals surface area contributed by atoms with Crippen LogP contribution >= 0.6 is 0 Å². The summed E-state index contributed by atoms with van der Waals surface area (Å²) in [5, 5.41) is 11.9. The number of nitrogens with one attached hydrogen (secondary N) is 1. The number of aromatic carboxylic acids is 1. The number of carboxylic acid groups (broad SMARTS) is 1. The molecule has 1 amide bonds. The number of anilines is 2. The number of carboxylic acids is 1. The summed E-state index contributed by atoms with van der Waals surface area (Å²) in [6.07, 6.45) is 1.56. The molecule has 0 unspecified atom stereocenters. The van der Waals surface area contributed by atoms with E-state index in [9.17, 15) is 14.7 Å². The molecule has 1 saturated heterocycles. The number of piperidine rings is 1. The van der Waals surface area contributed by atoms with Crippen molar-refractivity contribution in [2.75, 3.05) is 23.3 Å². The van der Waals surface area contributed by atoms with Crippen molar-refractivity contribution in [3.05, 3.63) is 23.8 Å². The molecule has 2 rings (SSSR count). The Morgan fingerprint density at radius 3 is 2.42 bits per heavy atom. The molecular weight excluding hydrogens is 308 g/mol. The molecule has 6 heteroatoms. The number of carbonyl (C=O) groups is 2. The Kier molecular flexibility index (Phi) is 5.36. The van der Waals surface area contributed by atoms with Crippen molar-refractivity contribution >= 4 is 23.4 Å². The van der Waals surface area contributed by atoms with E-state index in [1.54, 1.807) is 32.9 Å². The highest BCUT2D eigenvalue weighted by atomic mass is 16.6. The average Bonchev–Trinajstić information content (AvgIpc) is 2.45. The molecule has 0 bridgehead atoms. The van der Waals surface area contributed by atoms with Crippen LogP contribution in [0.5, 0.6) is 0 Å². The van der Waals surface area contributed by atoms with Gasteiger partial charge < -0.3 is 14.7 Å². The van der Waals surface area contributed by atoms with Crippen LogP contribution in [0.3, 0.4) is 0 Å². The van der Waals surface area contributed by atoms with Gasteiger partial charge in [0.05, 0.1) is 11.3 Å². The van der Waals surface area contributed by atoms with Gasteiger partial charge in [-0.3, -0.25) is 5.32 Å². The second kappa shape index (κ2) is 7.11. The predicted octanol–water partition coefficient (Wildman–Crippen LogP) is 3.97. The monoisotopic (exact) mass is 334 g/mol. The Hall–Kier alpha value is -2.24. The maximum absolute atomic E-state index is 12.0. The highest BCUT2D eigenvalue weighted by Crippen LogP contribution is 2.28. The first-order valence-corrected chi connectivity index (χ1v) is 8.28. The third kappa shape index (κ3) is 4.88. The summed E-state index contributed by atoms with van der Waals surface area (Å²) in [6.45, 7) is 9.38. The van der Waals surface area contributed by atoms with Crippen molar-refractivity contribution in [2.24, 2.45) is 5.92 Å². The maximum Gasteiger partial charge on any atom is 0.412 e. The molecule has 0 saturated carbocycles. The van der Waals surface area contributed by atoms with Gasteiger partial charge in [0.15, 0.2) is 0 Å². The lowest BCUT2D eigenvalue weighted by atomic mass is 9.98. The molecule has 6 nitrogen and oxygen atoms in total. The van der Waals surface area contributed by atoms with E-state index in [2.05, 4.69) is 17.1 Å². The SMILES string of the molecule is CC1CCN(c2ccc(C(=O)O)c(NC(=O)OC(C)(C)C)c2)CC1. The minimum atomic E-state index is -1.08. The standard InChI is InChI=1S/C18H26N2O4/c1-12-7-9-20(10-8-12)13-5-6-14(16(21)22)15(11-13)19-17(23)24-18(2,3)4/h5-6,11-12H,7-10H2,1-4H3,(H,19,23)(H,21,22). The van der Waals surface area contributed by atoms with Crippen LogP contribution in [0.2, 0.25) is 0 Å². The van der Waals surface area contributed by atoms with E-state index < -0.39 is 17.7 Å². The van der Waals surface area contributed by atoms with Gasteiger partial charge in [-0.05, 0) is 57.7 Å². The van der Waals surface area contributed by atoms with Crippen LogP contribution in [-0.2, 0) is 4.74 Å². The van der Waals surface area contributed by atoms with E-state index >= 15 is 0 Å². The van der Waals surface area contributed by atoms with Gasteiger partial charge in [0.1, 0.15) is 5.60 Å². The normalized spacial score (nSPS) is 15.9. The van der Waals surface area contributed by atoms with Crippen molar-refractivity contribution in [3.8, 4) is 0 Å². The Balaban J connectivity index is 2.22. The summed E-state index contributed by atoms with van der Waals surface area (Å²) in [5.41, 5.74) is 0.578. The van der Waals surface area contributed by atoms with Gasteiger partial charge in [-0.2, -0.15) is 0 Å². The van der Waals surface area contributed by atoms with Gasteiger partial charge in [0.2, 0.25) is 0 Å². The summed E-state index contributed by atoms with van der Waals surface area (Å²) in [7, 11) is 0. The van der Waals surface area contributed by atoms with Crippen LogP contribution in [0, 0.1) is 5.92 Å². The highest BCUT2D eigenvalue weighted by Gasteiger charge is 2.21. The minimum Gasteiger partial charge on any atom is -0.478 e. The van der Waals surface area contributed by atoms with Crippen LogP contribution in [0.1, 0.15) is 50.9 Å². The van der Waals surface area contributed by atoms with E-state index in [4.69, 9.17) is 4.74 Å². The molecule has 2 N–H and O–H groups in total. The molecule has 1 fully saturated rings. The fraction of sp³-hybridized carbons (Fsp3) is 0.556. The van der Waals surface area contributed by atoms with Crippen molar-refractivity contribution in [3.63, 3.8) is 0 Å². The van der Waals surface area contributed by atoms with E-state index in [0.29, 0.717) is 5.92 Å². The zero-order valence-electron chi connectivity index (χ0n) is 14.8. The number of nitrogens with zero attached hydrogens (tertiary/aromatic N) is 1. The number of amides is 1. The molecule has 1 aromatic carbocycles. The van der Waals surface area contributed by atoms with Crippen molar-refractivity contribution < 1.29 is 19.4 Å². The highest BCUT2D eigenvalue weighted by molar-refractivity contribution is 5.99. The summed E-state index contributed by atoms with van der Waals surface area (Å²) >= 11 is 0. The lowest BCUT2D eigenvalue weighted by molar-refractivity contribution is 0.0636. The molecule has 132 valence electrons. The largest absolute Gasteiger partial charge is 0.478 e. The number of benzene rings is 1. The molecule has 0 aromatic heterocycles. The lowest BCUT2D eigenvalue weighted by Crippen LogP contribution is -2.33. The Labute approximate surface area is 142 Å². The maximum atomic E-state index is 12.0. The lowest BCUT2D eigenvalue weighted by Gasteiger charge is -2.32. The van der Waals surface area contributed by atoms with Gasteiger partial charge in [-0.25, -0.2) is 9.59 Å². The van der Waals surface area contributed by atoms with Gasteiger partial charge in [0, 0.05) is 18.8 Å². The van der Waals surface area contributed by atoms with Crippen LogP contribution in [0.4, 0.5) is 16.2 Å². The third-order valence-corrected chi connectivity index (χ3v) is 4.02. The molecule has 1 heterocycles. The molecule has 0 radical (unpaired) electrons. The first-order valence-electron chi connectivity index (χ1n) is 8.28. The quantitative estimate of drug-likeness (QED) is 0.874. The van der Waals surface area contributed by atoms with Gasteiger partial charge in [0.25, 0.3) is 0 Å². The molecular formula is C18H26N2O4. The number of rotatable bonds is 3. The summed E-state index contributed by atoms with van der Waals surface area (Å²) < 4.78 is 5.22. The fourth-order valence-corrected chi connectivity index (χ4v) is 2.70. The van der Waals surface area contributed by atoms with Gasteiger partial charge in [-0.1, -0.05) is 6.92 Å². The number of carbonyl (C=O) groups excluding carboxylic acids is 1. The average molecular weight is 334 g/mol. The van der Waals surface area contributed by atoms with Crippen molar-refractivity contribution in [1.82, 2.24) is 0 Å². The molecule has 1 aromatic rings. The zero-order valence-corrected chi connectivity index (χ0v) is 14.8. The van der Waals surface area contributed by atoms with Crippen LogP contribution in [0.25, 0.3) is 0 Å². The van der Waals surface area contributed by atoms with E-state index in [-0.39, 0.29) is 11.3 Å². The third-order valence-electron chi connectivity index (χ3n) is 4.02. The molecule has 0 aliphatic carbocycles. The van der Waals surface area contributed by atoms with E-state index in [1.165, 1.54) is 6.07 Å². The minimum absolute atomic E-state index is 0.0509. The summed E-state index contributed by atoms with van der Waals surface area (Å²) in [5.74, 6) is -0.376. The number of ether oxygens (including phenoxy) is 1. The fourth-order valence-electron chi connectivity index (χ4n) is 2.70. The first kappa shape index (κ1) is 18.1. The second-order valence-electron chi connectivity index (χ2n) is 7.33. The molecule has 0 atom stereocenters. The Morgan fingerprint density at radius 2 is 1.88 bits per heavy atom. The van der Waals surface area contributed by atoms with Gasteiger partial charge >= 0.3 is 12.1 Å². The van der Waals surface area contributed by atoms with Crippen LogP contribution in [-0.4, -0.2) is 35.9 Å². The second-order valence-corrected chi connectivity index (χ2v) is 7.33. The summed E-state index contributed by atoms with van der Waals surface area (Å²) in [4.78, 5) is 25.6.